The quantitative estimate of drug-likeness (QED) is 0.276. The first-order valence-corrected chi connectivity index (χ1v) is 11.0. The zero-order chi connectivity index (χ0) is 25.1. The van der Waals surface area contributed by atoms with Gasteiger partial charge in [-0.05, 0) is 59.3 Å². The number of nitrogens with zero attached hydrogens (tertiary/aromatic N) is 7. The van der Waals surface area contributed by atoms with E-state index in [1.165, 1.54) is 23.1 Å². The van der Waals surface area contributed by atoms with Crippen LogP contribution in [0.25, 0.3) is 22.6 Å². The molecule has 5 rings (SSSR count). The Labute approximate surface area is 205 Å². The monoisotopic (exact) mass is 480 g/mol. The van der Waals surface area contributed by atoms with Crippen molar-refractivity contribution in [2.24, 2.45) is 0 Å². The first kappa shape index (κ1) is 22.6. The van der Waals surface area contributed by atoms with E-state index in [1.54, 1.807) is 29.1 Å². The van der Waals surface area contributed by atoms with Gasteiger partial charge in [-0.3, -0.25) is 14.9 Å². The SMILES string of the molecule is Cc1ccc(NC(=O)Cc2cn(-c3ccccc3)nc2-c2ccc([N+](=O)[O-])cc2)cc1-n1cnnn1. The van der Waals surface area contributed by atoms with Crippen molar-refractivity contribution in [3.05, 3.63) is 107 Å². The number of rotatable bonds is 7. The average molecular weight is 480 g/mol. The predicted molar refractivity (Wildman–Crippen MR) is 132 cm³/mol. The van der Waals surface area contributed by atoms with Crippen LogP contribution in [0, 0.1) is 17.0 Å². The Morgan fingerprint density at radius 2 is 1.81 bits per heavy atom. The number of nitrogens with one attached hydrogen (secondary N) is 1. The lowest BCUT2D eigenvalue weighted by atomic mass is 10.1. The van der Waals surface area contributed by atoms with Gasteiger partial charge in [0.15, 0.2) is 0 Å². The molecular weight excluding hydrogens is 460 g/mol. The molecule has 1 N–H and O–H groups in total. The van der Waals surface area contributed by atoms with E-state index in [9.17, 15) is 14.9 Å². The van der Waals surface area contributed by atoms with Crippen molar-refractivity contribution in [3.63, 3.8) is 0 Å². The first-order valence-electron chi connectivity index (χ1n) is 11.0. The number of para-hydroxylation sites is 1. The summed E-state index contributed by atoms with van der Waals surface area (Å²) in [6.07, 6.45) is 3.34. The highest BCUT2D eigenvalue weighted by Gasteiger charge is 2.17. The fourth-order valence-corrected chi connectivity index (χ4v) is 3.82. The molecule has 1 amide bonds. The van der Waals surface area contributed by atoms with Crippen molar-refractivity contribution in [2.45, 2.75) is 13.3 Å². The Balaban J connectivity index is 1.44. The van der Waals surface area contributed by atoms with Gasteiger partial charge in [0.2, 0.25) is 5.91 Å². The van der Waals surface area contributed by atoms with Crippen molar-refractivity contribution >= 4 is 17.3 Å². The highest BCUT2D eigenvalue weighted by Crippen LogP contribution is 2.27. The van der Waals surface area contributed by atoms with Gasteiger partial charge in [0.1, 0.15) is 6.33 Å². The number of hydrogen-bond donors (Lipinski definition) is 1. The molecule has 0 aliphatic rings. The zero-order valence-electron chi connectivity index (χ0n) is 19.1. The number of benzene rings is 3. The minimum atomic E-state index is -0.452. The second-order valence-electron chi connectivity index (χ2n) is 8.07. The summed E-state index contributed by atoms with van der Waals surface area (Å²) >= 11 is 0. The number of amides is 1. The fraction of sp³-hybridized carbons (Fsp3) is 0.0800. The van der Waals surface area contributed by atoms with Crippen LogP contribution in [-0.2, 0) is 11.2 Å². The van der Waals surface area contributed by atoms with Crippen molar-refractivity contribution < 1.29 is 9.72 Å². The van der Waals surface area contributed by atoms with Crippen LogP contribution in [0.2, 0.25) is 0 Å². The first-order chi connectivity index (χ1) is 17.5. The molecule has 2 heterocycles. The number of aromatic nitrogens is 6. The maximum atomic E-state index is 13.1. The molecule has 0 spiro atoms. The molecule has 5 aromatic rings. The zero-order valence-corrected chi connectivity index (χ0v) is 19.1. The van der Waals surface area contributed by atoms with Crippen LogP contribution in [-0.4, -0.2) is 40.8 Å². The molecule has 2 aromatic heterocycles. The number of anilines is 1. The smallest absolute Gasteiger partial charge is 0.269 e. The number of hydrogen-bond acceptors (Lipinski definition) is 7. The summed E-state index contributed by atoms with van der Waals surface area (Å²) in [6, 6.07) is 21.1. The lowest BCUT2D eigenvalue weighted by molar-refractivity contribution is -0.384. The van der Waals surface area contributed by atoms with Gasteiger partial charge in [0.05, 0.1) is 28.4 Å². The van der Waals surface area contributed by atoms with Crippen molar-refractivity contribution in [1.29, 1.82) is 0 Å². The molecule has 0 unspecified atom stereocenters. The van der Waals surface area contributed by atoms with Crippen molar-refractivity contribution in [1.82, 2.24) is 30.0 Å². The van der Waals surface area contributed by atoms with E-state index in [4.69, 9.17) is 0 Å². The van der Waals surface area contributed by atoms with Crippen LogP contribution in [0.15, 0.2) is 85.3 Å². The van der Waals surface area contributed by atoms with Gasteiger partial charge in [0.25, 0.3) is 5.69 Å². The lowest BCUT2D eigenvalue weighted by Gasteiger charge is -2.09. The van der Waals surface area contributed by atoms with E-state index >= 15 is 0 Å². The Kier molecular flexibility index (Phi) is 6.02. The Bertz CT molecular complexity index is 1530. The molecule has 3 aromatic carbocycles. The molecule has 0 aliphatic heterocycles. The van der Waals surface area contributed by atoms with E-state index in [1.807, 2.05) is 49.4 Å². The lowest BCUT2D eigenvalue weighted by Crippen LogP contribution is -2.15. The largest absolute Gasteiger partial charge is 0.326 e. The predicted octanol–water partition coefficient (Wildman–Crippen LogP) is 3.91. The number of nitro groups is 1. The summed E-state index contributed by atoms with van der Waals surface area (Å²) < 4.78 is 3.22. The topological polar surface area (TPSA) is 134 Å². The second kappa shape index (κ2) is 9.58. The van der Waals surface area contributed by atoms with Crippen LogP contribution >= 0.6 is 0 Å². The summed E-state index contributed by atoms with van der Waals surface area (Å²) in [5.41, 5.74) is 5.04. The average Bonchev–Trinajstić information content (AvgIpc) is 3.56. The molecule has 0 saturated heterocycles. The van der Waals surface area contributed by atoms with Gasteiger partial charge in [-0.2, -0.15) is 5.10 Å². The van der Waals surface area contributed by atoms with E-state index in [0.29, 0.717) is 22.5 Å². The van der Waals surface area contributed by atoms with E-state index in [0.717, 1.165) is 16.9 Å². The maximum Gasteiger partial charge on any atom is 0.269 e. The molecule has 0 fully saturated rings. The number of aryl methyl sites for hydroxylation is 1. The molecule has 178 valence electrons. The third kappa shape index (κ3) is 4.71. The maximum absolute atomic E-state index is 13.1. The summed E-state index contributed by atoms with van der Waals surface area (Å²) in [5.74, 6) is -0.239. The van der Waals surface area contributed by atoms with Gasteiger partial charge in [-0.25, -0.2) is 9.36 Å². The van der Waals surface area contributed by atoms with Crippen LogP contribution in [0.5, 0.6) is 0 Å². The van der Waals surface area contributed by atoms with Gasteiger partial charge >= 0.3 is 0 Å². The Morgan fingerprint density at radius 1 is 1.03 bits per heavy atom. The van der Waals surface area contributed by atoms with Gasteiger partial charge in [-0.1, -0.05) is 24.3 Å². The minimum Gasteiger partial charge on any atom is -0.326 e. The number of tetrazole rings is 1. The molecule has 0 radical (unpaired) electrons. The van der Waals surface area contributed by atoms with Gasteiger partial charge in [-0.15, -0.1) is 5.10 Å². The van der Waals surface area contributed by atoms with Crippen molar-refractivity contribution in [2.75, 3.05) is 5.32 Å². The normalized spacial score (nSPS) is 10.8. The van der Waals surface area contributed by atoms with E-state index < -0.39 is 4.92 Å². The molecule has 36 heavy (non-hydrogen) atoms. The number of carbonyl (C=O) groups is 1. The summed E-state index contributed by atoms with van der Waals surface area (Å²) in [6.45, 7) is 1.93. The third-order valence-electron chi connectivity index (χ3n) is 5.60. The van der Waals surface area contributed by atoms with Crippen LogP contribution in [0.4, 0.5) is 11.4 Å². The van der Waals surface area contributed by atoms with Gasteiger partial charge < -0.3 is 5.32 Å². The summed E-state index contributed by atoms with van der Waals surface area (Å²) in [4.78, 5) is 23.7. The van der Waals surface area contributed by atoms with Crippen LogP contribution in [0.3, 0.4) is 0 Å². The van der Waals surface area contributed by atoms with Crippen LogP contribution in [0.1, 0.15) is 11.1 Å². The third-order valence-corrected chi connectivity index (χ3v) is 5.60. The number of carbonyl (C=O) groups excluding carboxylic acids is 1. The molecule has 0 bridgehead atoms. The molecule has 0 saturated carbocycles. The molecule has 0 aliphatic carbocycles. The second-order valence-corrected chi connectivity index (χ2v) is 8.07. The van der Waals surface area contributed by atoms with Crippen molar-refractivity contribution in [3.8, 4) is 22.6 Å². The molecule has 11 nitrogen and oxygen atoms in total. The molecule has 0 atom stereocenters. The van der Waals surface area contributed by atoms with E-state index in [2.05, 4.69) is 25.9 Å². The summed E-state index contributed by atoms with van der Waals surface area (Å²) in [5, 5.41) is 29.9. The minimum absolute atomic E-state index is 0.0155. The number of nitro benzene ring substituents is 1. The highest BCUT2D eigenvalue weighted by molar-refractivity contribution is 5.93. The van der Waals surface area contributed by atoms with Crippen LogP contribution < -0.4 is 5.32 Å². The van der Waals surface area contributed by atoms with E-state index in [-0.39, 0.29) is 18.0 Å². The molecule has 11 heteroatoms. The standard InChI is InChI=1S/C25H20N8O3/c1-17-7-10-20(14-23(17)32-16-26-29-30-32)27-24(34)13-19-15-31(21-5-3-2-4-6-21)28-25(19)18-8-11-22(12-9-18)33(35)36/h2-12,14-16H,13H2,1H3,(H,27,34). The van der Waals surface area contributed by atoms with Gasteiger partial charge in [0, 0.05) is 35.1 Å². The highest BCUT2D eigenvalue weighted by atomic mass is 16.6. The number of non-ortho nitro benzene ring substituents is 1. The fourth-order valence-electron chi connectivity index (χ4n) is 3.82. The summed E-state index contributed by atoms with van der Waals surface area (Å²) in [7, 11) is 0. The Morgan fingerprint density at radius 3 is 2.50 bits per heavy atom. The molecular formula is C25H20N8O3. The Hall–Kier alpha value is -5.19.